The number of pyridine rings is 1. The number of nitrogens with one attached hydrogen (secondary N) is 1. The van der Waals surface area contributed by atoms with Crippen LogP contribution < -0.4 is 10.1 Å². The van der Waals surface area contributed by atoms with E-state index in [-0.39, 0.29) is 11.9 Å². The summed E-state index contributed by atoms with van der Waals surface area (Å²) in [6.07, 6.45) is 5.50. The Hall–Kier alpha value is -1.62. The fourth-order valence-corrected chi connectivity index (χ4v) is 2.48. The van der Waals surface area contributed by atoms with Crippen LogP contribution in [0.3, 0.4) is 0 Å². The Morgan fingerprint density at radius 2 is 2.14 bits per heavy atom. The number of nitrogens with zero attached hydrogens (tertiary/aromatic N) is 2. The number of ether oxygens (including phenoxy) is 1. The number of likely N-dealkylation sites (tertiary alicyclic amines) is 1. The lowest BCUT2D eigenvalue weighted by molar-refractivity contribution is -0.131. The third-order valence-electron chi connectivity index (χ3n) is 4.23. The van der Waals surface area contributed by atoms with Gasteiger partial charge in [0.05, 0.1) is 5.41 Å². The summed E-state index contributed by atoms with van der Waals surface area (Å²) in [5, 5.41) is 3.17. The molecule has 0 aromatic carbocycles. The maximum absolute atomic E-state index is 12.5. The van der Waals surface area contributed by atoms with Gasteiger partial charge in [0.25, 0.3) is 0 Å². The molecule has 1 fully saturated rings. The van der Waals surface area contributed by atoms with Gasteiger partial charge in [-0.2, -0.15) is 0 Å². The largest absolute Gasteiger partial charge is 0.492 e. The van der Waals surface area contributed by atoms with Crippen LogP contribution in [0.15, 0.2) is 18.5 Å². The lowest BCUT2D eigenvalue weighted by atomic mass is 9.92. The Kier molecular flexibility index (Phi) is 5.40. The van der Waals surface area contributed by atoms with Gasteiger partial charge < -0.3 is 15.0 Å². The highest BCUT2D eigenvalue weighted by atomic mass is 16.5. The first-order valence-electron chi connectivity index (χ1n) is 7.91. The lowest BCUT2D eigenvalue weighted by Crippen LogP contribution is -2.49. The molecule has 1 N–H and O–H groups in total. The van der Waals surface area contributed by atoms with Crippen molar-refractivity contribution >= 4 is 5.91 Å². The number of hydrogen-bond acceptors (Lipinski definition) is 4. The molecule has 0 unspecified atom stereocenters. The molecule has 0 atom stereocenters. The van der Waals surface area contributed by atoms with Gasteiger partial charge in [-0.25, -0.2) is 0 Å². The minimum atomic E-state index is -0.556. The quantitative estimate of drug-likeness (QED) is 0.904. The van der Waals surface area contributed by atoms with Gasteiger partial charge in [-0.15, -0.1) is 0 Å². The normalized spacial score (nSPS) is 17.3. The highest BCUT2D eigenvalue weighted by molar-refractivity contribution is 5.82. The molecule has 2 heterocycles. The molecular formula is C17H27N3O2. The molecule has 1 aromatic rings. The summed E-state index contributed by atoms with van der Waals surface area (Å²) < 4.78 is 5.82. The smallest absolute Gasteiger partial charge is 0.229 e. The molecule has 2 rings (SSSR count). The Labute approximate surface area is 133 Å². The molecule has 1 amide bonds. The van der Waals surface area contributed by atoms with E-state index in [1.807, 2.05) is 26.8 Å². The molecule has 5 heteroatoms. The van der Waals surface area contributed by atoms with E-state index in [1.165, 1.54) is 0 Å². The van der Waals surface area contributed by atoms with E-state index in [2.05, 4.69) is 22.2 Å². The predicted molar refractivity (Wildman–Crippen MR) is 86.9 cm³/mol. The van der Waals surface area contributed by atoms with Gasteiger partial charge >= 0.3 is 0 Å². The van der Waals surface area contributed by atoms with Crippen molar-refractivity contribution in [3.05, 3.63) is 24.0 Å². The number of piperidine rings is 1. The van der Waals surface area contributed by atoms with Gasteiger partial charge in [0, 0.05) is 24.0 Å². The minimum Gasteiger partial charge on any atom is -0.492 e. The summed E-state index contributed by atoms with van der Waals surface area (Å²) >= 11 is 0. The van der Waals surface area contributed by atoms with Gasteiger partial charge in [-0.1, -0.05) is 0 Å². The molecule has 0 spiro atoms. The van der Waals surface area contributed by atoms with Crippen molar-refractivity contribution in [2.75, 3.05) is 26.7 Å². The molecule has 22 heavy (non-hydrogen) atoms. The number of aryl methyl sites for hydroxylation is 1. The number of carbonyl (C=O) groups excluding carboxylic acids is 1. The van der Waals surface area contributed by atoms with E-state index >= 15 is 0 Å². The van der Waals surface area contributed by atoms with Gasteiger partial charge in [-0.3, -0.25) is 9.78 Å². The SMILES string of the molecule is Cc1cnccc1OCC(C)(C)C(=O)NC1CCN(C)CC1. The lowest BCUT2D eigenvalue weighted by Gasteiger charge is -2.32. The number of amides is 1. The zero-order valence-electron chi connectivity index (χ0n) is 14.1. The zero-order valence-corrected chi connectivity index (χ0v) is 14.1. The third-order valence-corrected chi connectivity index (χ3v) is 4.23. The Morgan fingerprint density at radius 3 is 2.77 bits per heavy atom. The molecule has 1 saturated heterocycles. The van der Waals surface area contributed by atoms with Gasteiger partial charge in [0.2, 0.25) is 5.91 Å². The van der Waals surface area contributed by atoms with Crippen LogP contribution in [0.2, 0.25) is 0 Å². The maximum Gasteiger partial charge on any atom is 0.229 e. The van der Waals surface area contributed by atoms with Gasteiger partial charge in [-0.05, 0) is 59.8 Å². The second kappa shape index (κ2) is 7.09. The Balaban J connectivity index is 1.86. The minimum absolute atomic E-state index is 0.0637. The fraction of sp³-hybridized carbons (Fsp3) is 0.647. The van der Waals surface area contributed by atoms with Crippen LogP contribution in [0, 0.1) is 12.3 Å². The standard InChI is InChI=1S/C17H27N3O2/c1-13-11-18-8-5-15(13)22-12-17(2,3)16(21)19-14-6-9-20(4)10-7-14/h5,8,11,14H,6-7,9-10,12H2,1-4H3,(H,19,21). The van der Waals surface area contributed by atoms with Crippen molar-refractivity contribution in [2.24, 2.45) is 5.41 Å². The van der Waals surface area contributed by atoms with E-state index in [1.54, 1.807) is 12.4 Å². The zero-order chi connectivity index (χ0) is 16.2. The molecule has 1 aliphatic rings. The third kappa shape index (κ3) is 4.44. The van der Waals surface area contributed by atoms with Crippen LogP contribution in [0.25, 0.3) is 0 Å². The fourth-order valence-electron chi connectivity index (χ4n) is 2.48. The summed E-state index contributed by atoms with van der Waals surface area (Å²) in [5.74, 6) is 0.851. The molecule has 0 saturated carbocycles. The van der Waals surface area contributed by atoms with Crippen LogP contribution in [0.4, 0.5) is 0 Å². The van der Waals surface area contributed by atoms with E-state index in [4.69, 9.17) is 4.74 Å². The van der Waals surface area contributed by atoms with Crippen molar-refractivity contribution in [3.8, 4) is 5.75 Å². The van der Waals surface area contributed by atoms with Crippen molar-refractivity contribution in [1.82, 2.24) is 15.2 Å². The molecular weight excluding hydrogens is 278 g/mol. The summed E-state index contributed by atoms with van der Waals surface area (Å²) in [5.41, 5.74) is 0.424. The molecule has 5 nitrogen and oxygen atoms in total. The van der Waals surface area contributed by atoms with Gasteiger partial charge in [0.1, 0.15) is 12.4 Å². The van der Waals surface area contributed by atoms with Crippen LogP contribution in [-0.4, -0.2) is 48.6 Å². The summed E-state index contributed by atoms with van der Waals surface area (Å²) in [4.78, 5) is 18.8. The number of rotatable bonds is 5. The molecule has 0 bridgehead atoms. The Morgan fingerprint density at radius 1 is 1.45 bits per heavy atom. The number of carbonyl (C=O) groups is 1. The number of hydrogen-bond donors (Lipinski definition) is 1. The highest BCUT2D eigenvalue weighted by Crippen LogP contribution is 2.22. The van der Waals surface area contributed by atoms with E-state index in [0.29, 0.717) is 6.61 Å². The monoisotopic (exact) mass is 305 g/mol. The van der Waals surface area contributed by atoms with Crippen molar-refractivity contribution in [1.29, 1.82) is 0 Å². The summed E-state index contributed by atoms with van der Waals surface area (Å²) in [6.45, 7) is 8.24. The van der Waals surface area contributed by atoms with Gasteiger partial charge in [0.15, 0.2) is 0 Å². The van der Waals surface area contributed by atoms with E-state index < -0.39 is 5.41 Å². The highest BCUT2D eigenvalue weighted by Gasteiger charge is 2.31. The average molecular weight is 305 g/mol. The first kappa shape index (κ1) is 16.7. The first-order chi connectivity index (χ1) is 10.4. The molecule has 1 aromatic heterocycles. The molecule has 122 valence electrons. The summed E-state index contributed by atoms with van der Waals surface area (Å²) in [6, 6.07) is 2.12. The average Bonchev–Trinajstić information content (AvgIpc) is 2.49. The summed E-state index contributed by atoms with van der Waals surface area (Å²) in [7, 11) is 2.12. The molecule has 1 aliphatic heterocycles. The topological polar surface area (TPSA) is 54.5 Å². The van der Waals surface area contributed by atoms with Crippen LogP contribution in [0.1, 0.15) is 32.3 Å². The van der Waals surface area contributed by atoms with E-state index in [9.17, 15) is 4.79 Å². The van der Waals surface area contributed by atoms with Crippen molar-refractivity contribution in [3.63, 3.8) is 0 Å². The van der Waals surface area contributed by atoms with Crippen molar-refractivity contribution < 1.29 is 9.53 Å². The van der Waals surface area contributed by atoms with Crippen LogP contribution >= 0.6 is 0 Å². The van der Waals surface area contributed by atoms with Crippen LogP contribution in [-0.2, 0) is 4.79 Å². The predicted octanol–water partition coefficient (Wildman–Crippen LogP) is 2.01. The number of aromatic nitrogens is 1. The maximum atomic E-state index is 12.5. The van der Waals surface area contributed by atoms with E-state index in [0.717, 1.165) is 37.2 Å². The van der Waals surface area contributed by atoms with Crippen molar-refractivity contribution in [2.45, 2.75) is 39.7 Å². The van der Waals surface area contributed by atoms with Crippen LogP contribution in [0.5, 0.6) is 5.75 Å². The molecule has 0 aliphatic carbocycles. The first-order valence-corrected chi connectivity index (χ1v) is 7.91. The molecule has 0 radical (unpaired) electrons. The Bertz CT molecular complexity index is 508. The second-order valence-electron chi connectivity index (χ2n) is 6.86. The second-order valence-corrected chi connectivity index (χ2v) is 6.86.